The van der Waals surface area contributed by atoms with Crippen molar-refractivity contribution in [3.8, 4) is 23.0 Å². The standard InChI is InChI=1S/C23H15FO6/c1-27-16-6-8-17(9-7-16)29-21-13-28-20-12-18(10-11-19(20)22(21)25)30-23(26)14-2-4-15(24)5-3-14/h2-13H,1H3. The van der Waals surface area contributed by atoms with Gasteiger partial charge in [0.05, 0.1) is 18.1 Å². The van der Waals surface area contributed by atoms with Gasteiger partial charge in [0.2, 0.25) is 11.2 Å². The molecule has 0 saturated heterocycles. The average molecular weight is 406 g/mol. The van der Waals surface area contributed by atoms with Crippen LogP contribution in [0, 0.1) is 5.82 Å². The number of carbonyl (C=O) groups is 1. The maximum atomic E-state index is 13.0. The van der Waals surface area contributed by atoms with Crippen molar-refractivity contribution in [1.29, 1.82) is 0 Å². The van der Waals surface area contributed by atoms with Gasteiger partial charge in [0, 0.05) is 6.07 Å². The Bertz CT molecular complexity index is 1260. The quantitative estimate of drug-likeness (QED) is 0.345. The van der Waals surface area contributed by atoms with Gasteiger partial charge in [-0.15, -0.1) is 0 Å². The highest BCUT2D eigenvalue weighted by Gasteiger charge is 2.13. The van der Waals surface area contributed by atoms with Crippen LogP contribution in [0.3, 0.4) is 0 Å². The zero-order chi connectivity index (χ0) is 21.1. The third-order valence-electron chi connectivity index (χ3n) is 4.29. The molecule has 150 valence electrons. The largest absolute Gasteiger partial charge is 0.497 e. The molecule has 0 fully saturated rings. The lowest BCUT2D eigenvalue weighted by Crippen LogP contribution is -2.09. The van der Waals surface area contributed by atoms with E-state index in [2.05, 4.69) is 0 Å². The minimum atomic E-state index is -0.656. The Hall–Kier alpha value is -4.13. The molecule has 4 rings (SSSR count). The highest BCUT2D eigenvalue weighted by molar-refractivity contribution is 5.91. The predicted molar refractivity (Wildman–Crippen MR) is 107 cm³/mol. The summed E-state index contributed by atoms with van der Waals surface area (Å²) in [6.45, 7) is 0. The normalized spacial score (nSPS) is 10.6. The highest BCUT2D eigenvalue weighted by Crippen LogP contribution is 2.25. The molecule has 0 amide bonds. The topological polar surface area (TPSA) is 75.0 Å². The van der Waals surface area contributed by atoms with Crippen LogP contribution in [0.15, 0.2) is 82.2 Å². The fourth-order valence-electron chi connectivity index (χ4n) is 2.75. The second kappa shape index (κ2) is 8.08. The SMILES string of the molecule is COc1ccc(Oc2coc3cc(OC(=O)c4ccc(F)cc4)ccc3c2=O)cc1. The molecule has 1 aromatic heterocycles. The van der Waals surface area contributed by atoms with Crippen molar-refractivity contribution >= 4 is 16.9 Å². The minimum absolute atomic E-state index is 0.0173. The number of esters is 1. The van der Waals surface area contributed by atoms with Crippen LogP contribution < -0.4 is 19.6 Å². The monoisotopic (exact) mass is 406 g/mol. The van der Waals surface area contributed by atoms with Crippen molar-refractivity contribution in [1.82, 2.24) is 0 Å². The Balaban J connectivity index is 1.56. The predicted octanol–water partition coefficient (Wildman–Crippen LogP) is 4.95. The second-order valence-electron chi connectivity index (χ2n) is 6.26. The van der Waals surface area contributed by atoms with Gasteiger partial charge in [-0.25, -0.2) is 9.18 Å². The van der Waals surface area contributed by atoms with E-state index < -0.39 is 11.8 Å². The summed E-state index contributed by atoms with van der Waals surface area (Å²) in [5.41, 5.74) is 0.0520. The lowest BCUT2D eigenvalue weighted by molar-refractivity contribution is 0.0735. The molecule has 0 atom stereocenters. The van der Waals surface area contributed by atoms with E-state index in [0.29, 0.717) is 11.5 Å². The van der Waals surface area contributed by atoms with Crippen LogP contribution in [-0.4, -0.2) is 13.1 Å². The third kappa shape index (κ3) is 4.00. The molecule has 0 unspecified atom stereocenters. The molecule has 4 aromatic rings. The number of halogens is 1. The van der Waals surface area contributed by atoms with Crippen molar-refractivity contribution in [2.45, 2.75) is 0 Å². The summed E-state index contributed by atoms with van der Waals surface area (Å²) in [5, 5.41) is 0.266. The van der Waals surface area contributed by atoms with Gasteiger partial charge in [0.25, 0.3) is 0 Å². The molecule has 6 nitrogen and oxygen atoms in total. The van der Waals surface area contributed by atoms with Gasteiger partial charge in [0.15, 0.2) is 0 Å². The molecule has 30 heavy (non-hydrogen) atoms. The molecule has 3 aromatic carbocycles. The van der Waals surface area contributed by atoms with Crippen molar-refractivity contribution in [2.75, 3.05) is 7.11 Å². The smallest absolute Gasteiger partial charge is 0.343 e. The number of methoxy groups -OCH3 is 1. The van der Waals surface area contributed by atoms with Gasteiger partial charge in [-0.05, 0) is 60.7 Å². The number of carbonyl (C=O) groups excluding carboxylic acids is 1. The summed E-state index contributed by atoms with van der Waals surface area (Å²) in [5.74, 6) is 0.207. The lowest BCUT2D eigenvalue weighted by atomic mass is 10.2. The molecule has 1 heterocycles. The number of hydrogen-bond acceptors (Lipinski definition) is 6. The molecule has 0 spiro atoms. The lowest BCUT2D eigenvalue weighted by Gasteiger charge is -2.08. The summed E-state index contributed by atoms with van der Waals surface area (Å²) >= 11 is 0. The molecule has 0 radical (unpaired) electrons. The second-order valence-corrected chi connectivity index (χ2v) is 6.26. The molecule has 0 bridgehead atoms. The van der Waals surface area contributed by atoms with E-state index in [9.17, 15) is 14.0 Å². The fourth-order valence-corrected chi connectivity index (χ4v) is 2.75. The summed E-state index contributed by atoms with van der Waals surface area (Å²) in [6, 6.07) is 16.1. The molecule has 0 aliphatic rings. The fraction of sp³-hybridized carbons (Fsp3) is 0.0435. The Kier molecular flexibility index (Phi) is 5.17. The first kappa shape index (κ1) is 19.2. The van der Waals surface area contributed by atoms with Crippen LogP contribution in [0.2, 0.25) is 0 Å². The minimum Gasteiger partial charge on any atom is -0.497 e. The number of fused-ring (bicyclic) bond motifs is 1. The first-order valence-corrected chi connectivity index (χ1v) is 8.89. The van der Waals surface area contributed by atoms with Crippen LogP contribution in [0.5, 0.6) is 23.0 Å². The maximum absolute atomic E-state index is 13.0. The highest BCUT2D eigenvalue weighted by atomic mass is 19.1. The molecule has 0 saturated carbocycles. The van der Waals surface area contributed by atoms with Gasteiger partial charge < -0.3 is 18.6 Å². The summed E-state index contributed by atoms with van der Waals surface area (Å²) < 4.78 is 34.4. The van der Waals surface area contributed by atoms with Crippen LogP contribution in [0.1, 0.15) is 10.4 Å². The third-order valence-corrected chi connectivity index (χ3v) is 4.29. The molecular weight excluding hydrogens is 391 g/mol. The van der Waals surface area contributed by atoms with Gasteiger partial charge in [-0.1, -0.05) is 0 Å². The number of benzene rings is 3. The Morgan fingerprint density at radius 1 is 0.900 bits per heavy atom. The van der Waals surface area contributed by atoms with Gasteiger partial charge in [0.1, 0.15) is 34.9 Å². The van der Waals surface area contributed by atoms with Crippen molar-refractivity contribution < 1.29 is 27.8 Å². The van der Waals surface area contributed by atoms with Crippen LogP contribution in [0.4, 0.5) is 4.39 Å². The van der Waals surface area contributed by atoms with E-state index in [1.165, 1.54) is 48.7 Å². The Morgan fingerprint density at radius 3 is 2.27 bits per heavy atom. The maximum Gasteiger partial charge on any atom is 0.343 e. The van der Waals surface area contributed by atoms with E-state index in [1.807, 2.05) is 0 Å². The van der Waals surface area contributed by atoms with E-state index in [0.717, 1.165) is 0 Å². The Labute approximate surface area is 170 Å². The molecule has 0 N–H and O–H groups in total. The van der Waals surface area contributed by atoms with E-state index >= 15 is 0 Å². The first-order chi connectivity index (χ1) is 14.5. The van der Waals surface area contributed by atoms with Crippen LogP contribution in [0.25, 0.3) is 11.0 Å². The summed E-state index contributed by atoms with van der Waals surface area (Å²) in [4.78, 5) is 24.9. The van der Waals surface area contributed by atoms with Gasteiger partial charge >= 0.3 is 5.97 Å². The zero-order valence-corrected chi connectivity index (χ0v) is 15.8. The van der Waals surface area contributed by atoms with Crippen molar-refractivity contribution in [3.05, 3.63) is 94.6 Å². The van der Waals surface area contributed by atoms with Gasteiger partial charge in [-0.2, -0.15) is 0 Å². The zero-order valence-electron chi connectivity index (χ0n) is 15.8. The molecular formula is C23H15FO6. The Morgan fingerprint density at radius 2 is 1.57 bits per heavy atom. The molecule has 0 aliphatic carbocycles. The molecule has 0 aliphatic heterocycles. The van der Waals surface area contributed by atoms with E-state index in [-0.39, 0.29) is 33.5 Å². The van der Waals surface area contributed by atoms with Crippen LogP contribution >= 0.6 is 0 Å². The van der Waals surface area contributed by atoms with Crippen LogP contribution in [-0.2, 0) is 0 Å². The summed E-state index contributed by atoms with van der Waals surface area (Å²) in [6.07, 6.45) is 1.19. The van der Waals surface area contributed by atoms with E-state index in [4.69, 9.17) is 18.6 Å². The van der Waals surface area contributed by atoms with Crippen molar-refractivity contribution in [3.63, 3.8) is 0 Å². The van der Waals surface area contributed by atoms with Crippen molar-refractivity contribution in [2.24, 2.45) is 0 Å². The average Bonchev–Trinajstić information content (AvgIpc) is 2.76. The first-order valence-electron chi connectivity index (χ1n) is 8.89. The number of hydrogen-bond donors (Lipinski definition) is 0. The summed E-state index contributed by atoms with van der Waals surface area (Å²) in [7, 11) is 1.55. The van der Waals surface area contributed by atoms with E-state index in [1.54, 1.807) is 31.4 Å². The van der Waals surface area contributed by atoms with Gasteiger partial charge in [-0.3, -0.25) is 4.79 Å². The number of ether oxygens (including phenoxy) is 3. The number of rotatable bonds is 5. The molecule has 7 heteroatoms.